The van der Waals surface area contributed by atoms with Gasteiger partial charge in [0.25, 0.3) is 0 Å². The van der Waals surface area contributed by atoms with E-state index in [0.29, 0.717) is 10.9 Å². The van der Waals surface area contributed by atoms with Gasteiger partial charge in [-0.25, -0.2) is 4.98 Å². The zero-order valence-corrected chi connectivity index (χ0v) is 13.6. The third-order valence-corrected chi connectivity index (χ3v) is 4.98. The number of carbonyl (C=O) groups excluding carboxylic acids is 1. The SMILES string of the molecule is CSCC(=O)Nc1nc(-c2ccc3c(c2)CCCC3)cs1. The lowest BCUT2D eigenvalue weighted by atomic mass is 9.90. The van der Waals surface area contributed by atoms with Gasteiger partial charge < -0.3 is 5.32 Å². The highest BCUT2D eigenvalue weighted by molar-refractivity contribution is 7.99. The molecule has 1 aliphatic carbocycles. The maximum atomic E-state index is 11.6. The number of hydrogen-bond acceptors (Lipinski definition) is 4. The normalized spacial score (nSPS) is 13.8. The molecule has 110 valence electrons. The standard InChI is InChI=1S/C16H18N2OS2/c1-20-10-15(19)18-16-17-14(9-21-16)13-7-6-11-4-2-3-5-12(11)8-13/h6-9H,2-5,10H2,1H3,(H,17,18,19). The van der Waals surface area contributed by atoms with E-state index in [1.54, 1.807) is 0 Å². The largest absolute Gasteiger partial charge is 0.301 e. The number of amides is 1. The van der Waals surface area contributed by atoms with Crippen molar-refractivity contribution in [2.75, 3.05) is 17.3 Å². The Balaban J connectivity index is 1.78. The summed E-state index contributed by atoms with van der Waals surface area (Å²) in [4.78, 5) is 16.1. The predicted molar refractivity (Wildman–Crippen MR) is 91.2 cm³/mol. The van der Waals surface area contributed by atoms with E-state index in [1.807, 2.05) is 11.6 Å². The molecule has 2 aromatic rings. The van der Waals surface area contributed by atoms with Gasteiger partial charge in [0.15, 0.2) is 5.13 Å². The van der Waals surface area contributed by atoms with Crippen LogP contribution < -0.4 is 5.32 Å². The molecule has 1 aromatic carbocycles. The maximum absolute atomic E-state index is 11.6. The van der Waals surface area contributed by atoms with Crippen molar-refractivity contribution >= 4 is 34.1 Å². The van der Waals surface area contributed by atoms with Gasteiger partial charge in [0.05, 0.1) is 11.4 Å². The molecule has 1 amide bonds. The highest BCUT2D eigenvalue weighted by atomic mass is 32.2. The quantitative estimate of drug-likeness (QED) is 0.927. The molecule has 0 aliphatic heterocycles. The first-order valence-corrected chi connectivity index (χ1v) is 9.40. The molecule has 0 unspecified atom stereocenters. The van der Waals surface area contributed by atoms with E-state index in [1.165, 1.54) is 59.9 Å². The average molecular weight is 318 g/mol. The lowest BCUT2D eigenvalue weighted by Crippen LogP contribution is -2.13. The van der Waals surface area contributed by atoms with Crippen molar-refractivity contribution in [3.8, 4) is 11.3 Å². The van der Waals surface area contributed by atoms with E-state index in [0.717, 1.165) is 11.3 Å². The van der Waals surface area contributed by atoms with Gasteiger partial charge in [0, 0.05) is 10.9 Å². The number of fused-ring (bicyclic) bond motifs is 1. The molecule has 5 heteroatoms. The third-order valence-electron chi connectivity index (χ3n) is 3.67. The zero-order chi connectivity index (χ0) is 14.7. The number of anilines is 1. The summed E-state index contributed by atoms with van der Waals surface area (Å²) in [7, 11) is 0. The highest BCUT2D eigenvalue weighted by Gasteiger charge is 2.12. The van der Waals surface area contributed by atoms with Crippen LogP contribution in [0.5, 0.6) is 0 Å². The average Bonchev–Trinajstić information content (AvgIpc) is 2.95. The maximum Gasteiger partial charge on any atom is 0.236 e. The van der Waals surface area contributed by atoms with E-state index < -0.39 is 0 Å². The van der Waals surface area contributed by atoms with Gasteiger partial charge in [-0.3, -0.25) is 4.79 Å². The van der Waals surface area contributed by atoms with Crippen molar-refractivity contribution in [3.63, 3.8) is 0 Å². The molecule has 3 rings (SSSR count). The van der Waals surface area contributed by atoms with Crippen molar-refractivity contribution in [2.45, 2.75) is 25.7 Å². The fourth-order valence-electron chi connectivity index (χ4n) is 2.64. The van der Waals surface area contributed by atoms with Crippen LogP contribution in [-0.4, -0.2) is 22.9 Å². The van der Waals surface area contributed by atoms with Gasteiger partial charge in [-0.2, -0.15) is 11.8 Å². The molecular formula is C16H18N2OS2. The van der Waals surface area contributed by atoms with Crippen LogP contribution in [0.1, 0.15) is 24.0 Å². The van der Waals surface area contributed by atoms with Crippen molar-refractivity contribution in [2.24, 2.45) is 0 Å². The highest BCUT2D eigenvalue weighted by Crippen LogP contribution is 2.29. The van der Waals surface area contributed by atoms with E-state index >= 15 is 0 Å². The Labute approximate surface area is 133 Å². The van der Waals surface area contributed by atoms with Crippen LogP contribution in [0.2, 0.25) is 0 Å². The summed E-state index contributed by atoms with van der Waals surface area (Å²) >= 11 is 3.00. The minimum Gasteiger partial charge on any atom is -0.301 e. The number of nitrogens with one attached hydrogen (secondary N) is 1. The molecule has 0 saturated carbocycles. The van der Waals surface area contributed by atoms with Crippen LogP contribution in [-0.2, 0) is 17.6 Å². The number of benzene rings is 1. The lowest BCUT2D eigenvalue weighted by molar-refractivity contribution is -0.113. The molecule has 0 atom stereocenters. The molecule has 0 saturated heterocycles. The van der Waals surface area contributed by atoms with Crippen LogP contribution in [0.25, 0.3) is 11.3 Å². The first-order valence-electron chi connectivity index (χ1n) is 7.13. The Bertz CT molecular complexity index is 651. The Morgan fingerprint density at radius 1 is 1.33 bits per heavy atom. The fraction of sp³-hybridized carbons (Fsp3) is 0.375. The van der Waals surface area contributed by atoms with Gasteiger partial charge in [-0.15, -0.1) is 11.3 Å². The summed E-state index contributed by atoms with van der Waals surface area (Å²) in [6, 6.07) is 6.64. The molecule has 0 bridgehead atoms. The molecule has 1 aromatic heterocycles. The second-order valence-corrected chi connectivity index (χ2v) is 6.93. The van der Waals surface area contributed by atoms with Gasteiger partial charge in [-0.05, 0) is 49.1 Å². The lowest BCUT2D eigenvalue weighted by Gasteiger charge is -2.16. The van der Waals surface area contributed by atoms with Gasteiger partial charge in [0.2, 0.25) is 5.91 Å². The van der Waals surface area contributed by atoms with E-state index in [9.17, 15) is 4.79 Å². The van der Waals surface area contributed by atoms with E-state index in [4.69, 9.17) is 0 Å². The van der Waals surface area contributed by atoms with Crippen LogP contribution in [0, 0.1) is 0 Å². The number of thiazole rings is 1. The molecule has 1 N–H and O–H groups in total. The molecule has 0 radical (unpaired) electrons. The van der Waals surface area contributed by atoms with Crippen LogP contribution >= 0.6 is 23.1 Å². The van der Waals surface area contributed by atoms with Crippen LogP contribution in [0.3, 0.4) is 0 Å². The molecule has 21 heavy (non-hydrogen) atoms. The molecule has 1 aliphatic rings. The second-order valence-electron chi connectivity index (χ2n) is 5.21. The molecule has 0 fully saturated rings. The molecular weight excluding hydrogens is 300 g/mol. The summed E-state index contributed by atoms with van der Waals surface area (Å²) in [6.45, 7) is 0. The number of carbonyl (C=O) groups is 1. The molecule has 3 nitrogen and oxygen atoms in total. The van der Waals surface area contributed by atoms with Gasteiger partial charge in [0.1, 0.15) is 0 Å². The zero-order valence-electron chi connectivity index (χ0n) is 12.0. The van der Waals surface area contributed by atoms with Crippen molar-refractivity contribution in [1.29, 1.82) is 0 Å². The summed E-state index contributed by atoms with van der Waals surface area (Å²) < 4.78 is 0. The summed E-state index contributed by atoms with van der Waals surface area (Å²) in [6.07, 6.45) is 6.87. The fourth-order valence-corrected chi connectivity index (χ4v) is 3.71. The molecule has 0 spiro atoms. The Kier molecular flexibility index (Phi) is 4.60. The summed E-state index contributed by atoms with van der Waals surface area (Å²) in [5.41, 5.74) is 5.04. The Morgan fingerprint density at radius 2 is 2.14 bits per heavy atom. The number of thioether (sulfide) groups is 1. The minimum atomic E-state index is 0.00819. The van der Waals surface area contributed by atoms with Crippen molar-refractivity contribution in [1.82, 2.24) is 4.98 Å². The Hall–Kier alpha value is -1.33. The minimum absolute atomic E-state index is 0.00819. The number of aryl methyl sites for hydroxylation is 2. The number of hydrogen-bond donors (Lipinski definition) is 1. The monoisotopic (exact) mass is 318 g/mol. The van der Waals surface area contributed by atoms with Crippen LogP contribution in [0.4, 0.5) is 5.13 Å². The van der Waals surface area contributed by atoms with Crippen molar-refractivity contribution in [3.05, 3.63) is 34.7 Å². The van der Waals surface area contributed by atoms with Gasteiger partial charge in [-0.1, -0.05) is 12.1 Å². The summed E-state index contributed by atoms with van der Waals surface area (Å²) in [5, 5.41) is 5.54. The van der Waals surface area contributed by atoms with Crippen molar-refractivity contribution < 1.29 is 4.79 Å². The Morgan fingerprint density at radius 3 is 2.95 bits per heavy atom. The molecule has 1 heterocycles. The van der Waals surface area contributed by atoms with Crippen LogP contribution in [0.15, 0.2) is 23.6 Å². The topological polar surface area (TPSA) is 42.0 Å². The predicted octanol–water partition coefficient (Wildman–Crippen LogP) is 3.99. The first kappa shape index (κ1) is 14.6. The number of aromatic nitrogens is 1. The number of rotatable bonds is 4. The smallest absolute Gasteiger partial charge is 0.236 e. The second kappa shape index (κ2) is 6.62. The third kappa shape index (κ3) is 3.47. The van der Waals surface area contributed by atoms with Gasteiger partial charge >= 0.3 is 0 Å². The van der Waals surface area contributed by atoms with E-state index in [-0.39, 0.29) is 5.91 Å². The van der Waals surface area contributed by atoms with E-state index in [2.05, 4.69) is 28.5 Å². The number of nitrogens with zero attached hydrogens (tertiary/aromatic N) is 1. The summed E-state index contributed by atoms with van der Waals surface area (Å²) in [5.74, 6) is 0.474. The first-order chi connectivity index (χ1) is 10.3.